The second-order valence-electron chi connectivity index (χ2n) is 3.72. The molecule has 0 aromatic heterocycles. The van der Waals surface area contributed by atoms with Gasteiger partial charge in [0.2, 0.25) is 5.91 Å². The predicted octanol–water partition coefficient (Wildman–Crippen LogP) is 1.15. The lowest BCUT2D eigenvalue weighted by atomic mass is 9.86. The van der Waals surface area contributed by atoms with Gasteiger partial charge in [-0.05, 0) is 37.0 Å². The highest BCUT2D eigenvalue weighted by atomic mass is 79.9. The quantitative estimate of drug-likeness (QED) is 0.707. The van der Waals surface area contributed by atoms with Crippen molar-refractivity contribution in [3.8, 4) is 0 Å². The van der Waals surface area contributed by atoms with E-state index in [2.05, 4.69) is 5.32 Å². The van der Waals surface area contributed by atoms with Gasteiger partial charge in [0.05, 0.1) is 12.1 Å². The molecule has 1 atom stereocenters. The third kappa shape index (κ3) is 2.23. The van der Waals surface area contributed by atoms with Gasteiger partial charge in [0.25, 0.3) is 0 Å². The zero-order valence-corrected chi connectivity index (χ0v) is 10.0. The van der Waals surface area contributed by atoms with E-state index in [9.17, 15) is 9.90 Å². The normalized spacial score (nSPS) is 24.2. The van der Waals surface area contributed by atoms with E-state index in [4.69, 9.17) is 5.73 Å². The van der Waals surface area contributed by atoms with Crippen LogP contribution in [0.1, 0.15) is 19.3 Å². The van der Waals surface area contributed by atoms with E-state index < -0.39 is 0 Å². The molecule has 0 bridgehead atoms. The van der Waals surface area contributed by atoms with E-state index in [1.54, 1.807) is 6.08 Å². The number of amides is 1. The van der Waals surface area contributed by atoms with Gasteiger partial charge in [0.1, 0.15) is 5.76 Å². The molecule has 2 aliphatic rings. The largest absolute Gasteiger partial charge is 0.506 e. The first-order valence-corrected chi connectivity index (χ1v) is 4.85. The minimum Gasteiger partial charge on any atom is -0.506 e. The number of halogens is 1. The predicted molar refractivity (Wildman–Crippen MR) is 62.6 cm³/mol. The van der Waals surface area contributed by atoms with E-state index in [1.807, 2.05) is 0 Å². The topological polar surface area (TPSA) is 75.3 Å². The number of aliphatic hydroxyl groups excluding tert-OH is 1. The number of carbonyl (C=O) groups is 1. The molecule has 1 amide bonds. The van der Waals surface area contributed by atoms with Crippen molar-refractivity contribution in [1.82, 2.24) is 5.32 Å². The lowest BCUT2D eigenvalue weighted by Crippen LogP contribution is -2.18. The summed E-state index contributed by atoms with van der Waals surface area (Å²) in [7, 11) is 0. The molecule has 0 saturated carbocycles. The molecule has 1 heterocycles. The van der Waals surface area contributed by atoms with Gasteiger partial charge in [-0.1, -0.05) is 0 Å². The van der Waals surface area contributed by atoms with Crippen molar-refractivity contribution in [2.24, 2.45) is 11.7 Å². The van der Waals surface area contributed by atoms with Crippen LogP contribution >= 0.6 is 17.0 Å². The Morgan fingerprint density at radius 2 is 2.33 bits per heavy atom. The average molecular weight is 275 g/mol. The van der Waals surface area contributed by atoms with Crippen molar-refractivity contribution >= 4 is 22.9 Å². The van der Waals surface area contributed by atoms with Gasteiger partial charge >= 0.3 is 0 Å². The molecule has 0 fully saturated rings. The summed E-state index contributed by atoms with van der Waals surface area (Å²) in [6.45, 7) is 0.615. The number of aliphatic hydroxyl groups is 1. The Morgan fingerprint density at radius 3 is 3.00 bits per heavy atom. The summed E-state index contributed by atoms with van der Waals surface area (Å²) < 4.78 is 0. The molecule has 1 aliphatic carbocycles. The first-order chi connectivity index (χ1) is 6.72. The number of hydrogen-bond acceptors (Lipinski definition) is 3. The van der Waals surface area contributed by atoms with Crippen LogP contribution in [-0.4, -0.2) is 17.6 Å². The summed E-state index contributed by atoms with van der Waals surface area (Å²) in [6, 6.07) is 0. The van der Waals surface area contributed by atoms with Gasteiger partial charge in [0.15, 0.2) is 0 Å². The fourth-order valence-electron chi connectivity index (χ4n) is 2.09. The van der Waals surface area contributed by atoms with Crippen LogP contribution in [0, 0.1) is 5.92 Å². The van der Waals surface area contributed by atoms with Crippen molar-refractivity contribution < 1.29 is 9.90 Å². The maximum absolute atomic E-state index is 11.2. The molecular formula is C10H15BrN2O2. The lowest BCUT2D eigenvalue weighted by Gasteiger charge is -2.20. The van der Waals surface area contributed by atoms with Crippen molar-refractivity contribution in [2.75, 3.05) is 6.54 Å². The Hall–Kier alpha value is -0.810. The molecule has 1 unspecified atom stereocenters. The van der Waals surface area contributed by atoms with Crippen LogP contribution in [0.2, 0.25) is 0 Å². The molecule has 2 rings (SSSR count). The molecular weight excluding hydrogens is 260 g/mol. The van der Waals surface area contributed by atoms with Gasteiger partial charge in [-0.15, -0.1) is 17.0 Å². The highest BCUT2D eigenvalue weighted by molar-refractivity contribution is 8.93. The molecule has 0 aromatic rings. The van der Waals surface area contributed by atoms with E-state index in [-0.39, 0.29) is 28.6 Å². The molecule has 0 radical (unpaired) electrons. The Balaban J connectivity index is 0.00000112. The van der Waals surface area contributed by atoms with Crippen LogP contribution in [-0.2, 0) is 4.79 Å². The van der Waals surface area contributed by atoms with Crippen molar-refractivity contribution in [3.63, 3.8) is 0 Å². The zero-order valence-electron chi connectivity index (χ0n) is 8.32. The Bertz CT molecular complexity index is 336. The second-order valence-corrected chi connectivity index (χ2v) is 3.72. The maximum atomic E-state index is 11.2. The maximum Gasteiger partial charge on any atom is 0.228 e. The zero-order chi connectivity index (χ0) is 10.1. The Labute approximate surface area is 99.0 Å². The third-order valence-corrected chi connectivity index (χ3v) is 2.80. The fourth-order valence-corrected chi connectivity index (χ4v) is 2.09. The summed E-state index contributed by atoms with van der Waals surface area (Å²) in [5.41, 5.74) is 7.15. The molecule has 0 saturated heterocycles. The first-order valence-electron chi connectivity index (χ1n) is 4.85. The van der Waals surface area contributed by atoms with Crippen LogP contribution in [0.25, 0.3) is 0 Å². The van der Waals surface area contributed by atoms with E-state index in [0.717, 1.165) is 18.4 Å². The average Bonchev–Trinajstić information content (AvgIpc) is 2.53. The van der Waals surface area contributed by atoms with Crippen molar-refractivity contribution in [3.05, 3.63) is 23.1 Å². The van der Waals surface area contributed by atoms with Gasteiger partial charge in [-0.2, -0.15) is 0 Å². The minimum atomic E-state index is -0.0288. The molecule has 4 N–H and O–H groups in total. The van der Waals surface area contributed by atoms with Gasteiger partial charge in [0, 0.05) is 0 Å². The number of nitrogens with one attached hydrogen (secondary N) is 1. The number of carbonyl (C=O) groups excluding carboxylic acids is 1. The SMILES string of the molecule is Br.NCCC1CC=C(O)C2=C1CC(=O)N2. The van der Waals surface area contributed by atoms with Crippen LogP contribution in [0.3, 0.4) is 0 Å². The highest BCUT2D eigenvalue weighted by Crippen LogP contribution is 2.34. The molecule has 0 spiro atoms. The smallest absolute Gasteiger partial charge is 0.228 e. The van der Waals surface area contributed by atoms with E-state index >= 15 is 0 Å². The van der Waals surface area contributed by atoms with Crippen LogP contribution in [0.5, 0.6) is 0 Å². The second kappa shape index (κ2) is 4.81. The van der Waals surface area contributed by atoms with Crippen molar-refractivity contribution in [2.45, 2.75) is 19.3 Å². The van der Waals surface area contributed by atoms with Gasteiger partial charge < -0.3 is 16.2 Å². The van der Waals surface area contributed by atoms with Crippen LogP contribution < -0.4 is 11.1 Å². The van der Waals surface area contributed by atoms with Crippen molar-refractivity contribution in [1.29, 1.82) is 0 Å². The number of nitrogens with two attached hydrogens (primary N) is 1. The van der Waals surface area contributed by atoms with Crippen LogP contribution in [0.15, 0.2) is 23.1 Å². The Kier molecular flexibility index (Phi) is 3.93. The Morgan fingerprint density at radius 1 is 1.60 bits per heavy atom. The standard InChI is InChI=1S/C10H14N2O2.BrH/c11-4-3-6-1-2-8(13)10-7(6)5-9(14)12-10;/h2,6,13H,1,3-5,11H2,(H,12,14);1H. The summed E-state index contributed by atoms with van der Waals surface area (Å²) >= 11 is 0. The molecule has 0 aromatic carbocycles. The summed E-state index contributed by atoms with van der Waals surface area (Å²) in [5.74, 6) is 0.503. The van der Waals surface area contributed by atoms with Gasteiger partial charge in [-0.25, -0.2) is 0 Å². The first kappa shape index (κ1) is 12.3. The van der Waals surface area contributed by atoms with Gasteiger partial charge in [-0.3, -0.25) is 4.79 Å². The van der Waals surface area contributed by atoms with E-state index in [0.29, 0.717) is 24.6 Å². The number of hydrogen-bond donors (Lipinski definition) is 3. The molecule has 4 nitrogen and oxygen atoms in total. The molecule has 1 aliphatic heterocycles. The summed E-state index contributed by atoms with van der Waals surface area (Å²) in [5, 5.41) is 12.2. The number of rotatable bonds is 2. The summed E-state index contributed by atoms with van der Waals surface area (Å²) in [6.07, 6.45) is 3.83. The molecule has 5 heteroatoms. The monoisotopic (exact) mass is 274 g/mol. The highest BCUT2D eigenvalue weighted by Gasteiger charge is 2.31. The molecule has 15 heavy (non-hydrogen) atoms. The third-order valence-electron chi connectivity index (χ3n) is 2.80. The number of allylic oxidation sites excluding steroid dienone is 1. The summed E-state index contributed by atoms with van der Waals surface area (Å²) in [4.78, 5) is 11.2. The molecule has 84 valence electrons. The van der Waals surface area contributed by atoms with E-state index in [1.165, 1.54) is 0 Å². The minimum absolute atomic E-state index is 0. The fraction of sp³-hybridized carbons (Fsp3) is 0.500. The van der Waals surface area contributed by atoms with Crippen LogP contribution in [0.4, 0.5) is 0 Å². The lowest BCUT2D eigenvalue weighted by molar-refractivity contribution is -0.119.